The number of nitrogens with two attached hydrogens (primary N) is 1. The molecule has 0 spiro atoms. The van der Waals surface area contributed by atoms with E-state index in [1.54, 1.807) is 6.07 Å². The van der Waals surface area contributed by atoms with E-state index in [9.17, 15) is 13.2 Å². The Kier molecular flexibility index (Phi) is 5.65. The summed E-state index contributed by atoms with van der Waals surface area (Å²) in [5.41, 5.74) is 4.94. The highest BCUT2D eigenvalue weighted by atomic mass is 79.9. The quantitative estimate of drug-likeness (QED) is 0.654. The fraction of sp³-hybridized carbons (Fsp3) is 0.417. The van der Waals surface area contributed by atoms with Gasteiger partial charge in [-0.3, -0.25) is 0 Å². The molecule has 1 aromatic carbocycles. The van der Waals surface area contributed by atoms with Gasteiger partial charge in [-0.2, -0.15) is 13.2 Å². The number of nitrogens with zero attached hydrogens (tertiary/aromatic N) is 1. The second kappa shape index (κ2) is 6.79. The van der Waals surface area contributed by atoms with Crippen LogP contribution in [0.25, 0.3) is 0 Å². The molecule has 1 rings (SSSR count). The molecule has 3 nitrogen and oxygen atoms in total. The topological polar surface area (TPSA) is 50.4 Å². The lowest BCUT2D eigenvalue weighted by Gasteiger charge is -2.12. The van der Waals surface area contributed by atoms with Crippen molar-refractivity contribution >= 4 is 21.9 Å². The minimum atomic E-state index is -4.40. The van der Waals surface area contributed by atoms with Crippen LogP contribution in [0.3, 0.4) is 0 Å². The highest BCUT2D eigenvalue weighted by molar-refractivity contribution is 9.10. The van der Waals surface area contributed by atoms with Crippen molar-refractivity contribution in [3.8, 4) is 0 Å². The molecule has 0 aliphatic heterocycles. The maximum absolute atomic E-state index is 12.8. The molecule has 106 valence electrons. The highest BCUT2D eigenvalue weighted by Gasteiger charge is 2.33. The van der Waals surface area contributed by atoms with Gasteiger partial charge in [0, 0.05) is 11.0 Å². The molecule has 0 atom stereocenters. The van der Waals surface area contributed by atoms with Crippen molar-refractivity contribution < 1.29 is 13.2 Å². The predicted molar refractivity (Wildman–Crippen MR) is 72.8 cm³/mol. The summed E-state index contributed by atoms with van der Waals surface area (Å²) in [5, 5.41) is 2.81. The number of benzene rings is 1. The zero-order valence-corrected chi connectivity index (χ0v) is 12.0. The molecule has 0 aliphatic rings. The van der Waals surface area contributed by atoms with Gasteiger partial charge in [-0.1, -0.05) is 28.9 Å². The molecular weight excluding hydrogens is 323 g/mol. The van der Waals surface area contributed by atoms with Crippen LogP contribution in [0.5, 0.6) is 0 Å². The van der Waals surface area contributed by atoms with E-state index in [1.807, 2.05) is 6.92 Å². The van der Waals surface area contributed by atoms with Crippen LogP contribution in [0.4, 0.5) is 13.2 Å². The zero-order valence-electron chi connectivity index (χ0n) is 10.4. The summed E-state index contributed by atoms with van der Waals surface area (Å²) in [7, 11) is 0. The van der Waals surface area contributed by atoms with Crippen molar-refractivity contribution in [3.05, 3.63) is 33.8 Å². The molecule has 0 bridgehead atoms. The third kappa shape index (κ3) is 5.10. The lowest BCUT2D eigenvalue weighted by atomic mass is 10.1. The van der Waals surface area contributed by atoms with Gasteiger partial charge >= 0.3 is 6.18 Å². The second-order valence-electron chi connectivity index (χ2n) is 3.93. The summed E-state index contributed by atoms with van der Waals surface area (Å²) < 4.78 is 38.9. The van der Waals surface area contributed by atoms with E-state index in [2.05, 4.69) is 26.2 Å². The molecule has 0 saturated carbocycles. The number of halogens is 4. The van der Waals surface area contributed by atoms with Gasteiger partial charge in [-0.15, -0.1) is 0 Å². The van der Waals surface area contributed by atoms with Crippen LogP contribution in [-0.2, 0) is 12.7 Å². The third-order valence-corrected chi connectivity index (χ3v) is 2.85. The van der Waals surface area contributed by atoms with Crippen LogP contribution in [0, 0.1) is 0 Å². The maximum Gasteiger partial charge on any atom is 0.416 e. The number of alkyl halides is 3. The number of hydrogen-bond donors (Lipinski definition) is 2. The van der Waals surface area contributed by atoms with E-state index < -0.39 is 11.7 Å². The van der Waals surface area contributed by atoms with E-state index in [0.717, 1.165) is 12.5 Å². The van der Waals surface area contributed by atoms with Crippen LogP contribution >= 0.6 is 15.9 Å². The van der Waals surface area contributed by atoms with Crippen molar-refractivity contribution in [1.29, 1.82) is 0 Å². The minimum Gasteiger partial charge on any atom is -0.370 e. The smallest absolute Gasteiger partial charge is 0.370 e. The molecule has 0 unspecified atom stereocenters. The van der Waals surface area contributed by atoms with Gasteiger partial charge < -0.3 is 11.1 Å². The molecule has 0 fully saturated rings. The van der Waals surface area contributed by atoms with Gasteiger partial charge in [0.15, 0.2) is 5.96 Å². The summed E-state index contributed by atoms with van der Waals surface area (Å²) >= 11 is 3.03. The minimum absolute atomic E-state index is 0.0944. The third-order valence-electron chi connectivity index (χ3n) is 2.35. The van der Waals surface area contributed by atoms with Gasteiger partial charge in [0.05, 0.1) is 12.1 Å². The van der Waals surface area contributed by atoms with Crippen LogP contribution in [0.1, 0.15) is 24.5 Å². The van der Waals surface area contributed by atoms with Crippen LogP contribution in [0.2, 0.25) is 0 Å². The highest BCUT2D eigenvalue weighted by Crippen LogP contribution is 2.34. The van der Waals surface area contributed by atoms with Crippen LogP contribution in [-0.4, -0.2) is 12.5 Å². The van der Waals surface area contributed by atoms with Gasteiger partial charge in [0.25, 0.3) is 0 Å². The van der Waals surface area contributed by atoms with Crippen LogP contribution in [0.15, 0.2) is 27.7 Å². The number of rotatable bonds is 4. The van der Waals surface area contributed by atoms with E-state index in [0.29, 0.717) is 11.0 Å². The lowest BCUT2D eigenvalue weighted by Crippen LogP contribution is -2.32. The Hall–Kier alpha value is -1.24. The first-order chi connectivity index (χ1) is 8.84. The van der Waals surface area contributed by atoms with Crippen molar-refractivity contribution in [2.45, 2.75) is 26.1 Å². The van der Waals surface area contributed by atoms with E-state index in [4.69, 9.17) is 5.73 Å². The first-order valence-corrected chi connectivity index (χ1v) is 6.53. The lowest BCUT2D eigenvalue weighted by molar-refractivity contribution is -0.138. The average Bonchev–Trinajstić information content (AvgIpc) is 2.33. The first kappa shape index (κ1) is 15.8. The maximum atomic E-state index is 12.8. The predicted octanol–water partition coefficient (Wildman–Crippen LogP) is 3.28. The Bertz CT molecular complexity index is 458. The van der Waals surface area contributed by atoms with Gasteiger partial charge in [-0.05, 0) is 24.1 Å². The van der Waals surface area contributed by atoms with Crippen molar-refractivity contribution in [2.75, 3.05) is 6.54 Å². The summed E-state index contributed by atoms with van der Waals surface area (Å²) in [6.07, 6.45) is -3.54. The number of aliphatic imine (C=N–C) groups is 1. The Morgan fingerprint density at radius 3 is 2.68 bits per heavy atom. The average molecular weight is 338 g/mol. The Morgan fingerprint density at radius 2 is 2.11 bits per heavy atom. The van der Waals surface area contributed by atoms with Crippen molar-refractivity contribution in [1.82, 2.24) is 5.32 Å². The molecule has 0 aliphatic carbocycles. The molecule has 0 saturated heterocycles. The molecule has 19 heavy (non-hydrogen) atoms. The monoisotopic (exact) mass is 337 g/mol. The number of hydrogen-bond acceptors (Lipinski definition) is 1. The number of nitrogens with one attached hydrogen (secondary N) is 1. The molecule has 3 N–H and O–H groups in total. The normalized spacial score (nSPS) is 12.6. The summed E-state index contributed by atoms with van der Waals surface area (Å²) in [4.78, 5) is 3.90. The SMILES string of the molecule is CCCNC(N)=NCc1ccc(Br)cc1C(F)(F)F. The van der Waals surface area contributed by atoms with E-state index >= 15 is 0 Å². The van der Waals surface area contributed by atoms with E-state index in [-0.39, 0.29) is 18.1 Å². The fourth-order valence-corrected chi connectivity index (χ4v) is 1.79. The molecule has 0 heterocycles. The van der Waals surface area contributed by atoms with E-state index in [1.165, 1.54) is 6.07 Å². The van der Waals surface area contributed by atoms with Gasteiger partial charge in [-0.25, -0.2) is 4.99 Å². The van der Waals surface area contributed by atoms with Gasteiger partial charge in [0.1, 0.15) is 0 Å². The first-order valence-electron chi connectivity index (χ1n) is 5.74. The Morgan fingerprint density at radius 1 is 1.42 bits per heavy atom. The second-order valence-corrected chi connectivity index (χ2v) is 4.84. The number of guanidine groups is 1. The molecule has 0 amide bonds. The largest absolute Gasteiger partial charge is 0.416 e. The van der Waals surface area contributed by atoms with Gasteiger partial charge in [0.2, 0.25) is 0 Å². The molecule has 0 radical (unpaired) electrons. The summed E-state index contributed by atoms with van der Waals surface area (Å²) in [5.74, 6) is 0.151. The molecule has 0 aromatic heterocycles. The Labute approximate surface area is 118 Å². The zero-order chi connectivity index (χ0) is 14.5. The molecule has 1 aromatic rings. The molecule has 7 heteroatoms. The van der Waals surface area contributed by atoms with Crippen molar-refractivity contribution in [2.24, 2.45) is 10.7 Å². The fourth-order valence-electron chi connectivity index (χ4n) is 1.43. The Balaban J connectivity index is 2.89. The van der Waals surface area contributed by atoms with Crippen LogP contribution < -0.4 is 11.1 Å². The standard InChI is InChI=1S/C12H15BrF3N3/c1-2-5-18-11(17)19-7-8-3-4-9(13)6-10(8)12(14,15)16/h3-4,6H,2,5,7H2,1H3,(H3,17,18,19). The summed E-state index contributed by atoms with van der Waals surface area (Å²) in [6.45, 7) is 2.49. The summed E-state index contributed by atoms with van der Waals surface area (Å²) in [6, 6.07) is 3.99. The van der Waals surface area contributed by atoms with Crippen molar-refractivity contribution in [3.63, 3.8) is 0 Å². The molecular formula is C12H15BrF3N3.